The molecule has 0 bridgehead atoms. The average molecular weight is 441 g/mol. The highest BCUT2D eigenvalue weighted by molar-refractivity contribution is 9.10. The maximum Gasteiger partial charge on any atom is 0.404 e. The van der Waals surface area contributed by atoms with Crippen molar-refractivity contribution in [2.45, 2.75) is 26.8 Å². The summed E-state index contributed by atoms with van der Waals surface area (Å²) in [6.07, 6.45) is 1.06. The number of benzene rings is 1. The lowest BCUT2D eigenvalue weighted by Crippen LogP contribution is -2.31. The van der Waals surface area contributed by atoms with Crippen molar-refractivity contribution in [3.05, 3.63) is 27.8 Å². The molecule has 3 aromatic rings. The van der Waals surface area contributed by atoms with Crippen molar-refractivity contribution in [1.82, 2.24) is 14.8 Å². The van der Waals surface area contributed by atoms with Gasteiger partial charge >= 0.3 is 6.09 Å². The number of hydrogen-bond donors (Lipinski definition) is 2. The number of rotatable bonds is 3. The van der Waals surface area contributed by atoms with Gasteiger partial charge in [-0.25, -0.2) is 9.78 Å². The van der Waals surface area contributed by atoms with Crippen LogP contribution in [-0.2, 0) is 4.74 Å². The van der Waals surface area contributed by atoms with Crippen molar-refractivity contribution >= 4 is 61.2 Å². The summed E-state index contributed by atoms with van der Waals surface area (Å²) in [6.45, 7) is 6.19. The highest BCUT2D eigenvalue weighted by Gasteiger charge is 2.29. The Balaban J connectivity index is 2.21. The summed E-state index contributed by atoms with van der Waals surface area (Å²) in [7, 11) is 0. The second kappa shape index (κ2) is 6.59. The van der Waals surface area contributed by atoms with Crippen molar-refractivity contribution < 1.29 is 9.53 Å². The number of anilines is 1. The smallest absolute Gasteiger partial charge is 0.404 e. The van der Waals surface area contributed by atoms with Gasteiger partial charge in [0.15, 0.2) is 5.82 Å². The number of halogens is 2. The standard InChI is InChI=1S/C17H19BrClN5O2/c1-17(2,3)13(7-26-16(21)25)24-6-9-8-4-11(19)10(18)5-12(8)22-15(20)14(9)23-24/h4-6,13H,7H2,1-3H3,(H2,20,22)(H2,21,25). The first kappa shape index (κ1) is 18.7. The number of ether oxygens (including phenoxy) is 1. The number of amides is 1. The Hall–Kier alpha value is -2.06. The third-order valence-corrected chi connectivity index (χ3v) is 5.44. The van der Waals surface area contributed by atoms with E-state index in [0.29, 0.717) is 21.9 Å². The van der Waals surface area contributed by atoms with Crippen LogP contribution in [0, 0.1) is 5.41 Å². The zero-order chi connectivity index (χ0) is 19.2. The fourth-order valence-electron chi connectivity index (χ4n) is 2.85. The van der Waals surface area contributed by atoms with Gasteiger partial charge in [0.2, 0.25) is 0 Å². The summed E-state index contributed by atoms with van der Waals surface area (Å²) < 4.78 is 7.53. The Bertz CT molecular complexity index is 1010. The Morgan fingerprint density at radius 2 is 2.08 bits per heavy atom. The highest BCUT2D eigenvalue weighted by atomic mass is 79.9. The second-order valence-corrected chi connectivity index (χ2v) is 8.43. The molecule has 0 saturated carbocycles. The first-order valence-electron chi connectivity index (χ1n) is 7.93. The summed E-state index contributed by atoms with van der Waals surface area (Å²) >= 11 is 9.65. The van der Waals surface area contributed by atoms with Crippen molar-refractivity contribution in [3.63, 3.8) is 0 Å². The van der Waals surface area contributed by atoms with E-state index in [1.807, 2.05) is 39.1 Å². The van der Waals surface area contributed by atoms with Crippen LogP contribution >= 0.6 is 27.5 Å². The van der Waals surface area contributed by atoms with Gasteiger partial charge in [0.05, 0.1) is 16.6 Å². The molecule has 3 rings (SSSR count). The minimum Gasteiger partial charge on any atom is -0.447 e. The largest absolute Gasteiger partial charge is 0.447 e. The summed E-state index contributed by atoms with van der Waals surface area (Å²) in [5.41, 5.74) is 12.3. The van der Waals surface area contributed by atoms with Crippen LogP contribution in [0.25, 0.3) is 21.8 Å². The molecule has 0 fully saturated rings. The summed E-state index contributed by atoms with van der Waals surface area (Å²) in [5, 5.41) is 6.85. The van der Waals surface area contributed by atoms with Crippen molar-refractivity contribution in [3.8, 4) is 0 Å². The van der Waals surface area contributed by atoms with Crippen molar-refractivity contribution in [2.75, 3.05) is 12.3 Å². The molecular formula is C17H19BrClN5O2. The molecule has 0 radical (unpaired) electrons. The van der Waals surface area contributed by atoms with Gasteiger partial charge in [-0.3, -0.25) is 4.68 Å². The maximum atomic E-state index is 11.1. The van der Waals surface area contributed by atoms with Crippen LogP contribution in [-0.4, -0.2) is 27.5 Å². The van der Waals surface area contributed by atoms with Gasteiger partial charge in [0.1, 0.15) is 12.1 Å². The molecule has 1 atom stereocenters. The molecule has 1 aromatic carbocycles. The third-order valence-electron chi connectivity index (χ3n) is 4.25. The molecule has 0 spiro atoms. The number of primary amides is 1. The first-order valence-corrected chi connectivity index (χ1v) is 9.10. The molecule has 2 aromatic heterocycles. The molecule has 138 valence electrons. The van der Waals surface area contributed by atoms with E-state index in [1.54, 1.807) is 4.68 Å². The molecule has 0 aliphatic carbocycles. The van der Waals surface area contributed by atoms with E-state index in [1.165, 1.54) is 0 Å². The monoisotopic (exact) mass is 439 g/mol. The normalized spacial score (nSPS) is 13.3. The molecule has 1 unspecified atom stereocenters. The molecule has 0 aliphatic rings. The van der Waals surface area contributed by atoms with Crippen molar-refractivity contribution in [1.29, 1.82) is 0 Å². The minimum absolute atomic E-state index is 0.102. The Morgan fingerprint density at radius 3 is 2.69 bits per heavy atom. The van der Waals surface area contributed by atoms with Gasteiger partial charge in [0.25, 0.3) is 0 Å². The lowest BCUT2D eigenvalue weighted by molar-refractivity contribution is 0.0947. The number of carbonyl (C=O) groups is 1. The van der Waals surface area contributed by atoms with Gasteiger partial charge in [-0.05, 0) is 33.5 Å². The van der Waals surface area contributed by atoms with Gasteiger partial charge < -0.3 is 16.2 Å². The molecule has 0 aliphatic heterocycles. The van der Waals surface area contributed by atoms with E-state index in [4.69, 9.17) is 27.8 Å². The van der Waals surface area contributed by atoms with Crippen LogP contribution in [0.4, 0.5) is 10.6 Å². The lowest BCUT2D eigenvalue weighted by Gasteiger charge is -2.30. The molecular weight excluding hydrogens is 422 g/mol. The molecule has 7 nitrogen and oxygen atoms in total. The van der Waals surface area contributed by atoms with E-state index in [9.17, 15) is 4.79 Å². The van der Waals surface area contributed by atoms with Gasteiger partial charge in [-0.2, -0.15) is 5.10 Å². The predicted molar refractivity (Wildman–Crippen MR) is 106 cm³/mol. The SMILES string of the molecule is CC(C)(C)C(COC(N)=O)n1cc2c(n1)c(N)nc1cc(Br)c(Cl)cc12. The van der Waals surface area contributed by atoms with Crippen LogP contribution in [0.5, 0.6) is 0 Å². The highest BCUT2D eigenvalue weighted by Crippen LogP contribution is 2.36. The molecule has 4 N–H and O–H groups in total. The van der Waals surface area contributed by atoms with Crippen molar-refractivity contribution in [2.24, 2.45) is 11.1 Å². The van der Waals surface area contributed by atoms with E-state index in [-0.39, 0.29) is 18.1 Å². The van der Waals surface area contributed by atoms with Crippen LogP contribution in [0.15, 0.2) is 22.8 Å². The molecule has 26 heavy (non-hydrogen) atoms. The van der Waals surface area contributed by atoms with Crippen LogP contribution in [0.1, 0.15) is 26.8 Å². The molecule has 0 saturated heterocycles. The topological polar surface area (TPSA) is 109 Å². The Morgan fingerprint density at radius 1 is 1.38 bits per heavy atom. The third kappa shape index (κ3) is 3.43. The fourth-order valence-corrected chi connectivity index (χ4v) is 3.34. The number of fused-ring (bicyclic) bond motifs is 3. The Kier molecular flexibility index (Phi) is 4.74. The first-order chi connectivity index (χ1) is 12.1. The molecule has 9 heteroatoms. The number of nitrogens with two attached hydrogens (primary N) is 2. The summed E-state index contributed by atoms with van der Waals surface area (Å²) in [5.74, 6) is 0.323. The number of aromatic nitrogens is 3. The van der Waals surface area contributed by atoms with E-state index < -0.39 is 6.09 Å². The van der Waals surface area contributed by atoms with E-state index >= 15 is 0 Å². The Labute approximate surface area is 163 Å². The minimum atomic E-state index is -0.820. The second-order valence-electron chi connectivity index (χ2n) is 7.16. The number of carbonyl (C=O) groups excluding carboxylic acids is 1. The predicted octanol–water partition coefficient (Wildman–Crippen LogP) is 4.27. The molecule has 2 heterocycles. The van der Waals surface area contributed by atoms with E-state index in [0.717, 1.165) is 15.2 Å². The van der Waals surface area contributed by atoms with Gasteiger partial charge in [0, 0.05) is 21.4 Å². The average Bonchev–Trinajstić information content (AvgIpc) is 2.93. The molecule has 1 amide bonds. The van der Waals surface area contributed by atoms with Gasteiger partial charge in [-0.15, -0.1) is 0 Å². The summed E-state index contributed by atoms with van der Waals surface area (Å²) in [6, 6.07) is 3.42. The van der Waals surface area contributed by atoms with Crippen LogP contribution in [0.3, 0.4) is 0 Å². The number of pyridine rings is 1. The zero-order valence-electron chi connectivity index (χ0n) is 14.6. The zero-order valence-corrected chi connectivity index (χ0v) is 16.9. The van der Waals surface area contributed by atoms with E-state index in [2.05, 4.69) is 26.0 Å². The number of nitrogens with zero attached hydrogens (tertiary/aromatic N) is 3. The number of nitrogen functional groups attached to an aromatic ring is 1. The van der Waals surface area contributed by atoms with Gasteiger partial charge in [-0.1, -0.05) is 32.4 Å². The number of hydrogen-bond acceptors (Lipinski definition) is 5. The maximum absolute atomic E-state index is 11.1. The quantitative estimate of drug-likeness (QED) is 0.632. The fraction of sp³-hybridized carbons (Fsp3) is 0.353. The summed E-state index contributed by atoms with van der Waals surface area (Å²) in [4.78, 5) is 15.5. The van der Waals surface area contributed by atoms with Crippen LogP contribution in [0.2, 0.25) is 5.02 Å². The lowest BCUT2D eigenvalue weighted by atomic mass is 9.87. The van der Waals surface area contributed by atoms with Crippen LogP contribution < -0.4 is 11.5 Å².